The number of hydrogen-bond acceptors (Lipinski definition) is 3. The average Bonchev–Trinajstić information content (AvgIpc) is 2.59. The summed E-state index contributed by atoms with van der Waals surface area (Å²) in [4.78, 5) is 0. The van der Waals surface area contributed by atoms with Gasteiger partial charge in [0.25, 0.3) is 0 Å². The van der Waals surface area contributed by atoms with Crippen LogP contribution < -0.4 is 5.73 Å². The van der Waals surface area contributed by atoms with Crippen LogP contribution in [0.4, 0.5) is 0 Å². The molecule has 0 bridgehead atoms. The van der Waals surface area contributed by atoms with E-state index in [1.807, 2.05) is 18.2 Å². The largest absolute Gasteiger partial charge is 0.390 e. The van der Waals surface area contributed by atoms with Crippen LogP contribution in [-0.4, -0.2) is 15.3 Å². The highest BCUT2D eigenvalue weighted by molar-refractivity contribution is 5.81. The summed E-state index contributed by atoms with van der Waals surface area (Å²) < 4.78 is 0. The molecule has 68 valence electrons. The van der Waals surface area contributed by atoms with Gasteiger partial charge in [-0.1, -0.05) is 12.1 Å². The summed E-state index contributed by atoms with van der Waals surface area (Å²) in [6.07, 6.45) is 0. The number of nitrogens with one attached hydrogen (secondary N) is 1. The fraction of sp³-hybridized carbons (Fsp3) is 0.222. The van der Waals surface area contributed by atoms with Crippen LogP contribution >= 0.6 is 0 Å². The van der Waals surface area contributed by atoms with Crippen LogP contribution in [0.25, 0.3) is 10.9 Å². The van der Waals surface area contributed by atoms with E-state index in [1.54, 1.807) is 0 Å². The molecule has 0 aliphatic carbocycles. The van der Waals surface area contributed by atoms with Crippen molar-refractivity contribution in [3.05, 3.63) is 29.5 Å². The van der Waals surface area contributed by atoms with E-state index in [0.29, 0.717) is 6.54 Å². The molecule has 0 saturated carbocycles. The number of aromatic nitrogens is 2. The van der Waals surface area contributed by atoms with Gasteiger partial charge in [-0.2, -0.15) is 5.10 Å². The molecular weight excluding hydrogens is 166 g/mol. The molecule has 0 unspecified atom stereocenters. The fourth-order valence-corrected chi connectivity index (χ4v) is 1.36. The molecule has 4 heteroatoms. The summed E-state index contributed by atoms with van der Waals surface area (Å²) >= 11 is 0. The zero-order chi connectivity index (χ0) is 9.26. The normalized spacial score (nSPS) is 10.9. The average molecular weight is 177 g/mol. The summed E-state index contributed by atoms with van der Waals surface area (Å²) in [5.41, 5.74) is 8.14. The topological polar surface area (TPSA) is 74.9 Å². The quantitative estimate of drug-likeness (QED) is 0.625. The molecule has 13 heavy (non-hydrogen) atoms. The maximum Gasteiger partial charge on any atom is 0.0927 e. The Kier molecular flexibility index (Phi) is 2.00. The highest BCUT2D eigenvalue weighted by Gasteiger charge is 2.03. The number of aliphatic hydroxyl groups excluding tert-OH is 1. The molecule has 2 aromatic rings. The first kappa shape index (κ1) is 8.22. The van der Waals surface area contributed by atoms with E-state index in [1.165, 1.54) is 0 Å². The van der Waals surface area contributed by atoms with Crippen LogP contribution in [0.15, 0.2) is 18.2 Å². The molecule has 0 saturated heterocycles. The van der Waals surface area contributed by atoms with Crippen LogP contribution in [0.1, 0.15) is 11.3 Å². The molecule has 4 N–H and O–H groups in total. The number of hydrogen-bond donors (Lipinski definition) is 3. The minimum Gasteiger partial charge on any atom is -0.390 e. The molecule has 4 nitrogen and oxygen atoms in total. The van der Waals surface area contributed by atoms with Gasteiger partial charge in [0, 0.05) is 11.9 Å². The second-order valence-electron chi connectivity index (χ2n) is 2.92. The van der Waals surface area contributed by atoms with Crippen molar-refractivity contribution in [2.45, 2.75) is 13.2 Å². The van der Waals surface area contributed by atoms with Gasteiger partial charge < -0.3 is 10.8 Å². The van der Waals surface area contributed by atoms with Gasteiger partial charge >= 0.3 is 0 Å². The van der Waals surface area contributed by atoms with Gasteiger partial charge in [-0.05, 0) is 11.6 Å². The SMILES string of the molecule is NCc1ccc2c(CO)[nH]nc2c1. The summed E-state index contributed by atoms with van der Waals surface area (Å²) in [6, 6.07) is 5.79. The van der Waals surface area contributed by atoms with Gasteiger partial charge in [-0.15, -0.1) is 0 Å². The minimum absolute atomic E-state index is 0.0154. The minimum atomic E-state index is -0.0154. The third kappa shape index (κ3) is 1.30. The lowest BCUT2D eigenvalue weighted by atomic mass is 10.1. The Morgan fingerprint density at radius 3 is 3.00 bits per heavy atom. The summed E-state index contributed by atoms with van der Waals surface area (Å²) in [6.45, 7) is 0.496. The zero-order valence-electron chi connectivity index (χ0n) is 7.12. The van der Waals surface area contributed by atoms with E-state index in [-0.39, 0.29) is 6.61 Å². The van der Waals surface area contributed by atoms with E-state index in [9.17, 15) is 0 Å². The van der Waals surface area contributed by atoms with E-state index in [0.717, 1.165) is 22.2 Å². The van der Waals surface area contributed by atoms with E-state index >= 15 is 0 Å². The molecule has 0 aliphatic rings. The van der Waals surface area contributed by atoms with Crippen molar-refractivity contribution in [2.75, 3.05) is 0 Å². The van der Waals surface area contributed by atoms with Gasteiger partial charge in [0.2, 0.25) is 0 Å². The highest BCUT2D eigenvalue weighted by Crippen LogP contribution is 2.16. The molecule has 1 heterocycles. The lowest BCUT2D eigenvalue weighted by Gasteiger charge is -1.95. The summed E-state index contributed by atoms with van der Waals surface area (Å²) in [5, 5.41) is 16.7. The Labute approximate surface area is 75.4 Å². The van der Waals surface area contributed by atoms with Gasteiger partial charge in [0.15, 0.2) is 0 Å². The number of rotatable bonds is 2. The number of H-pyrrole nitrogens is 1. The fourth-order valence-electron chi connectivity index (χ4n) is 1.36. The molecule has 0 amide bonds. The van der Waals surface area contributed by atoms with E-state index < -0.39 is 0 Å². The smallest absolute Gasteiger partial charge is 0.0927 e. The first-order valence-corrected chi connectivity index (χ1v) is 4.12. The van der Waals surface area contributed by atoms with E-state index in [2.05, 4.69) is 10.2 Å². The van der Waals surface area contributed by atoms with Crippen LogP contribution in [0.5, 0.6) is 0 Å². The van der Waals surface area contributed by atoms with Crippen molar-refractivity contribution in [2.24, 2.45) is 5.73 Å². The highest BCUT2D eigenvalue weighted by atomic mass is 16.3. The number of nitrogens with two attached hydrogens (primary N) is 1. The van der Waals surface area contributed by atoms with Gasteiger partial charge in [-0.25, -0.2) is 0 Å². The molecule has 1 aromatic heterocycles. The first-order chi connectivity index (χ1) is 6.35. The monoisotopic (exact) mass is 177 g/mol. The molecule has 0 spiro atoms. The number of aliphatic hydroxyl groups is 1. The molecule has 2 rings (SSSR count). The zero-order valence-corrected chi connectivity index (χ0v) is 7.12. The predicted octanol–water partition coefficient (Wildman–Crippen LogP) is 0.514. The lowest BCUT2D eigenvalue weighted by molar-refractivity contribution is 0.278. The van der Waals surface area contributed by atoms with Crippen LogP contribution in [0.2, 0.25) is 0 Å². The summed E-state index contributed by atoms with van der Waals surface area (Å²) in [7, 11) is 0. The Morgan fingerprint density at radius 2 is 2.31 bits per heavy atom. The Hall–Kier alpha value is -1.39. The van der Waals surface area contributed by atoms with Crippen molar-refractivity contribution >= 4 is 10.9 Å². The lowest BCUT2D eigenvalue weighted by Crippen LogP contribution is -1.95. The van der Waals surface area contributed by atoms with Crippen LogP contribution in [-0.2, 0) is 13.2 Å². The Morgan fingerprint density at radius 1 is 1.46 bits per heavy atom. The van der Waals surface area contributed by atoms with Crippen molar-refractivity contribution in [1.82, 2.24) is 10.2 Å². The Bertz CT molecular complexity index is 422. The van der Waals surface area contributed by atoms with Crippen molar-refractivity contribution in [3.8, 4) is 0 Å². The standard InChI is InChI=1S/C9H11N3O/c10-4-6-1-2-7-8(3-6)11-12-9(7)5-13/h1-3,13H,4-5,10H2,(H,11,12). The molecule has 0 aliphatic heterocycles. The predicted molar refractivity (Wildman–Crippen MR) is 49.9 cm³/mol. The van der Waals surface area contributed by atoms with Gasteiger partial charge in [0.05, 0.1) is 17.8 Å². The Balaban J connectivity index is 2.61. The molecule has 0 radical (unpaired) electrons. The molecule has 1 aromatic carbocycles. The maximum atomic E-state index is 8.96. The third-order valence-electron chi connectivity index (χ3n) is 2.09. The number of benzene rings is 1. The van der Waals surface area contributed by atoms with Crippen LogP contribution in [0.3, 0.4) is 0 Å². The van der Waals surface area contributed by atoms with E-state index in [4.69, 9.17) is 10.8 Å². The van der Waals surface area contributed by atoms with Crippen molar-refractivity contribution in [1.29, 1.82) is 0 Å². The van der Waals surface area contributed by atoms with Gasteiger partial charge in [-0.3, -0.25) is 5.10 Å². The number of aromatic amines is 1. The molecule has 0 atom stereocenters. The summed E-state index contributed by atoms with van der Waals surface area (Å²) in [5.74, 6) is 0. The van der Waals surface area contributed by atoms with Crippen LogP contribution in [0, 0.1) is 0 Å². The number of nitrogens with zero attached hydrogens (tertiary/aromatic N) is 1. The number of fused-ring (bicyclic) bond motifs is 1. The molecular formula is C9H11N3O. The second-order valence-corrected chi connectivity index (χ2v) is 2.92. The first-order valence-electron chi connectivity index (χ1n) is 4.12. The van der Waals surface area contributed by atoms with Crippen molar-refractivity contribution < 1.29 is 5.11 Å². The third-order valence-corrected chi connectivity index (χ3v) is 2.09. The van der Waals surface area contributed by atoms with Gasteiger partial charge in [0.1, 0.15) is 0 Å². The molecule has 0 fully saturated rings. The maximum absolute atomic E-state index is 8.96. The second kappa shape index (κ2) is 3.16. The van der Waals surface area contributed by atoms with Crippen molar-refractivity contribution in [3.63, 3.8) is 0 Å².